The summed E-state index contributed by atoms with van der Waals surface area (Å²) in [6.45, 7) is 17.2. The van der Waals surface area contributed by atoms with E-state index in [0.717, 1.165) is 17.5 Å². The summed E-state index contributed by atoms with van der Waals surface area (Å²) in [5.74, 6) is 2.04. The second-order valence-electron chi connectivity index (χ2n) is 9.02. The van der Waals surface area contributed by atoms with E-state index in [-0.39, 0.29) is 11.8 Å². The molecule has 0 aliphatic rings. The molecule has 0 saturated carbocycles. The molecule has 0 fully saturated rings. The molecule has 0 bridgehead atoms. The van der Waals surface area contributed by atoms with Crippen molar-refractivity contribution in [3.8, 4) is 11.5 Å². The van der Waals surface area contributed by atoms with Gasteiger partial charge in [-0.05, 0) is 75.6 Å². The zero-order valence-corrected chi connectivity index (χ0v) is 18.2. The SMILES string of the molecule is CC(C)c1cc(Cc2cc(C(C)C)c(O)cc2C(C)C)c(C(C)C)cc1O. The molecule has 2 rings (SSSR count). The summed E-state index contributed by atoms with van der Waals surface area (Å²) >= 11 is 0. The lowest BCUT2D eigenvalue weighted by Gasteiger charge is -2.21. The Morgan fingerprint density at radius 1 is 0.519 bits per heavy atom. The second kappa shape index (κ2) is 8.37. The molecule has 2 heteroatoms. The van der Waals surface area contributed by atoms with Crippen molar-refractivity contribution in [2.24, 2.45) is 0 Å². The molecule has 0 radical (unpaired) electrons. The van der Waals surface area contributed by atoms with Crippen LogP contribution in [0.4, 0.5) is 0 Å². The first-order chi connectivity index (χ1) is 12.5. The fourth-order valence-electron chi connectivity index (χ4n) is 3.85. The maximum atomic E-state index is 10.5. The lowest BCUT2D eigenvalue weighted by atomic mass is 9.84. The third-order valence-electron chi connectivity index (χ3n) is 5.45. The van der Waals surface area contributed by atoms with Crippen LogP contribution in [0.25, 0.3) is 0 Å². The minimum absolute atomic E-state index is 0.278. The van der Waals surface area contributed by atoms with Gasteiger partial charge in [-0.2, -0.15) is 0 Å². The fourth-order valence-corrected chi connectivity index (χ4v) is 3.85. The summed E-state index contributed by atoms with van der Waals surface area (Å²) in [6.07, 6.45) is 0.820. The van der Waals surface area contributed by atoms with Crippen LogP contribution in [-0.4, -0.2) is 10.2 Å². The Labute approximate surface area is 165 Å². The van der Waals surface area contributed by atoms with Crippen LogP contribution in [0.15, 0.2) is 24.3 Å². The van der Waals surface area contributed by atoms with Crippen LogP contribution >= 0.6 is 0 Å². The molecule has 0 aliphatic carbocycles. The molecule has 2 aromatic rings. The monoisotopic (exact) mass is 368 g/mol. The predicted molar refractivity (Wildman–Crippen MR) is 115 cm³/mol. The number of aromatic hydroxyl groups is 2. The summed E-state index contributed by atoms with van der Waals surface area (Å²) in [7, 11) is 0. The smallest absolute Gasteiger partial charge is 0.119 e. The first-order valence-corrected chi connectivity index (χ1v) is 10.2. The molecule has 0 atom stereocenters. The number of hydrogen-bond acceptors (Lipinski definition) is 2. The predicted octanol–water partition coefficient (Wildman–Crippen LogP) is 7.18. The van der Waals surface area contributed by atoms with Gasteiger partial charge in [0.2, 0.25) is 0 Å². The average Bonchev–Trinajstić information content (AvgIpc) is 2.56. The van der Waals surface area contributed by atoms with Crippen LogP contribution in [0.1, 0.15) is 112 Å². The van der Waals surface area contributed by atoms with Gasteiger partial charge in [0.15, 0.2) is 0 Å². The Morgan fingerprint density at radius 3 is 1.07 bits per heavy atom. The van der Waals surface area contributed by atoms with Crippen molar-refractivity contribution in [1.29, 1.82) is 0 Å². The topological polar surface area (TPSA) is 40.5 Å². The maximum Gasteiger partial charge on any atom is 0.119 e. The molecule has 0 heterocycles. The van der Waals surface area contributed by atoms with Gasteiger partial charge < -0.3 is 10.2 Å². The highest BCUT2D eigenvalue weighted by molar-refractivity contribution is 5.50. The van der Waals surface area contributed by atoms with Crippen molar-refractivity contribution in [1.82, 2.24) is 0 Å². The first kappa shape index (κ1) is 21.3. The largest absolute Gasteiger partial charge is 0.508 e. The summed E-state index contributed by atoms with van der Waals surface area (Å²) in [5, 5.41) is 20.9. The average molecular weight is 369 g/mol. The van der Waals surface area contributed by atoms with Crippen molar-refractivity contribution in [3.05, 3.63) is 57.6 Å². The van der Waals surface area contributed by atoms with Gasteiger partial charge in [0.1, 0.15) is 11.5 Å². The molecule has 0 amide bonds. The third kappa shape index (κ3) is 4.66. The Bertz CT molecular complexity index is 731. The van der Waals surface area contributed by atoms with Gasteiger partial charge in [0.25, 0.3) is 0 Å². The van der Waals surface area contributed by atoms with Crippen molar-refractivity contribution >= 4 is 0 Å². The summed E-state index contributed by atoms with van der Waals surface area (Å²) < 4.78 is 0. The van der Waals surface area contributed by atoms with Gasteiger partial charge in [-0.3, -0.25) is 0 Å². The molecule has 0 saturated heterocycles. The molecular weight excluding hydrogens is 332 g/mol. The van der Waals surface area contributed by atoms with E-state index >= 15 is 0 Å². The van der Waals surface area contributed by atoms with Crippen LogP contribution in [-0.2, 0) is 6.42 Å². The molecule has 2 N–H and O–H groups in total. The number of hydrogen-bond donors (Lipinski definition) is 2. The summed E-state index contributed by atoms with van der Waals surface area (Å²) in [4.78, 5) is 0. The Morgan fingerprint density at radius 2 is 0.815 bits per heavy atom. The van der Waals surface area contributed by atoms with E-state index < -0.39 is 0 Å². The Hall–Kier alpha value is -1.96. The van der Waals surface area contributed by atoms with E-state index in [4.69, 9.17) is 0 Å². The molecule has 0 unspecified atom stereocenters. The van der Waals surface area contributed by atoms with Crippen LogP contribution in [0, 0.1) is 0 Å². The second-order valence-corrected chi connectivity index (χ2v) is 9.02. The van der Waals surface area contributed by atoms with Crippen molar-refractivity contribution < 1.29 is 10.2 Å². The van der Waals surface area contributed by atoms with Crippen molar-refractivity contribution in [2.75, 3.05) is 0 Å². The zero-order valence-electron chi connectivity index (χ0n) is 18.2. The lowest BCUT2D eigenvalue weighted by Crippen LogP contribution is -2.05. The molecule has 0 aliphatic heterocycles. The molecule has 0 spiro atoms. The summed E-state index contributed by atoms with van der Waals surface area (Å²) in [6, 6.07) is 8.27. The van der Waals surface area contributed by atoms with Gasteiger partial charge in [-0.15, -0.1) is 0 Å². The minimum atomic E-state index is 0.278. The van der Waals surface area contributed by atoms with E-state index in [9.17, 15) is 10.2 Å². The highest BCUT2D eigenvalue weighted by Gasteiger charge is 2.18. The standard InChI is InChI=1S/C25H36O2/c1-14(2)20-12-24(26)22(16(5)6)10-18(20)9-19-11-23(17(7)8)25(27)13-21(19)15(3)4/h10-17,26-27H,9H2,1-8H3. The zero-order chi connectivity index (χ0) is 20.5. The number of phenols is 2. The Kier molecular flexibility index (Phi) is 6.62. The van der Waals surface area contributed by atoms with E-state index in [1.807, 2.05) is 12.1 Å². The van der Waals surface area contributed by atoms with Gasteiger partial charge in [-0.1, -0.05) is 67.5 Å². The molecular formula is C25H36O2. The van der Waals surface area contributed by atoms with Gasteiger partial charge in [0, 0.05) is 0 Å². The molecule has 148 valence electrons. The van der Waals surface area contributed by atoms with Crippen LogP contribution in [0.3, 0.4) is 0 Å². The normalized spacial score (nSPS) is 12.0. The highest BCUT2D eigenvalue weighted by Crippen LogP contribution is 2.37. The summed E-state index contributed by atoms with van der Waals surface area (Å²) in [5.41, 5.74) is 6.95. The molecule has 2 aromatic carbocycles. The first-order valence-electron chi connectivity index (χ1n) is 10.2. The molecule has 27 heavy (non-hydrogen) atoms. The molecule has 2 nitrogen and oxygen atoms in total. The van der Waals surface area contributed by atoms with Crippen LogP contribution in [0.5, 0.6) is 11.5 Å². The minimum Gasteiger partial charge on any atom is -0.508 e. The van der Waals surface area contributed by atoms with Crippen LogP contribution in [0.2, 0.25) is 0 Å². The van der Waals surface area contributed by atoms with E-state index in [1.165, 1.54) is 22.3 Å². The van der Waals surface area contributed by atoms with Crippen molar-refractivity contribution in [3.63, 3.8) is 0 Å². The van der Waals surface area contributed by atoms with Crippen LogP contribution < -0.4 is 0 Å². The van der Waals surface area contributed by atoms with Gasteiger partial charge in [-0.25, -0.2) is 0 Å². The molecule has 0 aromatic heterocycles. The van der Waals surface area contributed by atoms with E-state index in [2.05, 4.69) is 67.5 Å². The fraction of sp³-hybridized carbons (Fsp3) is 0.520. The van der Waals surface area contributed by atoms with Gasteiger partial charge >= 0.3 is 0 Å². The van der Waals surface area contributed by atoms with Gasteiger partial charge in [0.05, 0.1) is 0 Å². The number of phenolic OH excluding ortho intramolecular Hbond substituents is 2. The van der Waals surface area contributed by atoms with E-state index in [1.54, 1.807) is 0 Å². The third-order valence-corrected chi connectivity index (χ3v) is 5.45. The number of rotatable bonds is 6. The highest BCUT2D eigenvalue weighted by atomic mass is 16.3. The lowest BCUT2D eigenvalue weighted by molar-refractivity contribution is 0.463. The quantitative estimate of drug-likeness (QED) is 0.567. The maximum absolute atomic E-state index is 10.5. The number of benzene rings is 2. The van der Waals surface area contributed by atoms with E-state index in [0.29, 0.717) is 23.3 Å². The Balaban J connectivity index is 2.64. The van der Waals surface area contributed by atoms with Crippen molar-refractivity contribution in [2.45, 2.75) is 85.5 Å².